The summed E-state index contributed by atoms with van der Waals surface area (Å²) < 4.78 is 81.6. The maximum Gasteiger partial charge on any atom is 0.422 e. The van der Waals surface area contributed by atoms with Gasteiger partial charge in [-0.3, -0.25) is 14.9 Å². The van der Waals surface area contributed by atoms with E-state index in [2.05, 4.69) is 4.74 Å². The van der Waals surface area contributed by atoms with E-state index in [0.717, 1.165) is 25.1 Å². The van der Waals surface area contributed by atoms with E-state index in [1.165, 1.54) is 16.9 Å². The average molecular weight is 436 g/mol. The van der Waals surface area contributed by atoms with Gasteiger partial charge in [-0.25, -0.2) is 17.5 Å². The monoisotopic (exact) mass is 436 g/mol. The minimum Gasteiger partial charge on any atom is -0.483 e. The van der Waals surface area contributed by atoms with Crippen LogP contribution in [0.15, 0.2) is 41.3 Å². The Morgan fingerprint density at radius 2 is 1.86 bits per heavy atom. The number of halogens is 4. The van der Waals surface area contributed by atoms with E-state index in [1.54, 1.807) is 0 Å². The molecule has 0 spiro atoms. The Balaban J connectivity index is 2.44. The van der Waals surface area contributed by atoms with Gasteiger partial charge >= 0.3 is 6.18 Å². The molecule has 8 nitrogen and oxygen atoms in total. The summed E-state index contributed by atoms with van der Waals surface area (Å²) in [6.07, 6.45) is -4.80. The van der Waals surface area contributed by atoms with Crippen LogP contribution >= 0.6 is 0 Å². The number of carbonyl (C=O) groups excluding carboxylic acids is 1. The molecule has 2 aromatic carbocycles. The first kappa shape index (κ1) is 22.1. The summed E-state index contributed by atoms with van der Waals surface area (Å²) in [6, 6.07) is 5.41. The third-order valence-corrected chi connectivity index (χ3v) is 4.84. The largest absolute Gasteiger partial charge is 0.483 e. The quantitative estimate of drug-likeness (QED) is 0.423. The zero-order valence-electron chi connectivity index (χ0n) is 14.5. The lowest BCUT2D eigenvalue weighted by atomic mass is 10.1. The molecule has 0 saturated heterocycles. The molecule has 0 bridgehead atoms. The maximum absolute atomic E-state index is 13.5. The molecule has 0 fully saturated rings. The summed E-state index contributed by atoms with van der Waals surface area (Å²) in [4.78, 5) is 21.6. The molecule has 0 heterocycles. The predicted molar refractivity (Wildman–Crippen MR) is 90.4 cm³/mol. The molecule has 156 valence electrons. The first-order chi connectivity index (χ1) is 13.3. The molecule has 1 amide bonds. The molecule has 13 heteroatoms. The fraction of sp³-hybridized carbons (Fsp3) is 0.188. The van der Waals surface area contributed by atoms with Crippen LogP contribution in [0.2, 0.25) is 0 Å². The van der Waals surface area contributed by atoms with E-state index in [0.29, 0.717) is 6.07 Å². The van der Waals surface area contributed by atoms with Crippen molar-refractivity contribution in [2.75, 3.05) is 6.61 Å². The molecule has 0 unspecified atom stereocenters. The minimum atomic E-state index is -4.80. The highest BCUT2D eigenvalue weighted by atomic mass is 32.2. The Morgan fingerprint density at radius 1 is 1.24 bits per heavy atom. The van der Waals surface area contributed by atoms with Gasteiger partial charge in [0.2, 0.25) is 0 Å². The van der Waals surface area contributed by atoms with E-state index in [1.807, 2.05) is 0 Å². The summed E-state index contributed by atoms with van der Waals surface area (Å²) in [5.41, 5.74) is -1.70. The molecule has 0 atom stereocenters. The van der Waals surface area contributed by atoms with Crippen LogP contribution in [0.3, 0.4) is 0 Å². The molecule has 2 aromatic rings. The van der Waals surface area contributed by atoms with E-state index in [4.69, 9.17) is 0 Å². The highest BCUT2D eigenvalue weighted by Crippen LogP contribution is 2.28. The molecular formula is C16H12F4N2O6S. The predicted octanol–water partition coefficient (Wildman–Crippen LogP) is 3.10. The van der Waals surface area contributed by atoms with Crippen molar-refractivity contribution in [3.63, 3.8) is 0 Å². The second kappa shape index (κ2) is 8.03. The van der Waals surface area contributed by atoms with E-state index in [9.17, 15) is 40.9 Å². The highest BCUT2D eigenvalue weighted by molar-refractivity contribution is 7.90. The number of para-hydroxylation sites is 1. The Bertz CT molecular complexity index is 1070. The number of aryl methyl sites for hydroxylation is 1. The number of hydrogen-bond acceptors (Lipinski definition) is 6. The van der Waals surface area contributed by atoms with Gasteiger partial charge in [0.15, 0.2) is 11.5 Å². The van der Waals surface area contributed by atoms with Crippen molar-refractivity contribution >= 4 is 21.6 Å². The molecule has 0 saturated carbocycles. The van der Waals surface area contributed by atoms with E-state index < -0.39 is 61.4 Å². The fourth-order valence-electron chi connectivity index (χ4n) is 2.34. The third kappa shape index (κ3) is 5.40. The number of nitro groups is 1. The van der Waals surface area contributed by atoms with Gasteiger partial charge in [-0.15, -0.1) is 0 Å². The van der Waals surface area contributed by atoms with Crippen molar-refractivity contribution in [1.82, 2.24) is 4.72 Å². The smallest absolute Gasteiger partial charge is 0.422 e. The van der Waals surface area contributed by atoms with Gasteiger partial charge in [0.05, 0.1) is 10.5 Å². The zero-order chi connectivity index (χ0) is 22.0. The summed E-state index contributed by atoms with van der Waals surface area (Å²) in [5.74, 6) is -3.30. The number of benzene rings is 2. The van der Waals surface area contributed by atoms with Crippen LogP contribution < -0.4 is 9.46 Å². The van der Waals surface area contributed by atoms with Crippen LogP contribution in [0, 0.1) is 22.9 Å². The summed E-state index contributed by atoms with van der Waals surface area (Å²) in [5, 5.41) is 11.0. The first-order valence-corrected chi connectivity index (χ1v) is 9.10. The second-order valence-electron chi connectivity index (χ2n) is 5.66. The maximum atomic E-state index is 13.5. The van der Waals surface area contributed by atoms with Gasteiger partial charge in [-0.05, 0) is 24.6 Å². The molecule has 0 aliphatic rings. The Kier molecular flexibility index (Phi) is 6.11. The van der Waals surface area contributed by atoms with Crippen molar-refractivity contribution in [3.8, 4) is 5.75 Å². The summed E-state index contributed by atoms with van der Waals surface area (Å²) in [7, 11) is -4.78. The van der Waals surface area contributed by atoms with Crippen LogP contribution in [0.5, 0.6) is 5.75 Å². The number of nitro benzene ring substituents is 1. The first-order valence-electron chi connectivity index (χ1n) is 7.62. The van der Waals surface area contributed by atoms with Crippen molar-refractivity contribution in [3.05, 3.63) is 63.5 Å². The highest BCUT2D eigenvalue weighted by Gasteiger charge is 2.32. The molecule has 29 heavy (non-hydrogen) atoms. The number of ether oxygens (including phenoxy) is 1. The zero-order valence-corrected chi connectivity index (χ0v) is 15.3. The van der Waals surface area contributed by atoms with Crippen molar-refractivity contribution in [2.45, 2.75) is 18.0 Å². The van der Waals surface area contributed by atoms with Crippen LogP contribution in [-0.4, -0.2) is 32.0 Å². The van der Waals surface area contributed by atoms with Gasteiger partial charge < -0.3 is 4.74 Å². The average Bonchev–Trinajstić information content (AvgIpc) is 2.58. The number of nitrogens with zero attached hydrogens (tertiary/aromatic N) is 1. The van der Waals surface area contributed by atoms with Crippen LogP contribution in [0.1, 0.15) is 15.9 Å². The second-order valence-corrected chi connectivity index (χ2v) is 7.31. The lowest BCUT2D eigenvalue weighted by Gasteiger charge is -2.15. The van der Waals surface area contributed by atoms with Crippen molar-refractivity contribution in [1.29, 1.82) is 0 Å². The summed E-state index contributed by atoms with van der Waals surface area (Å²) >= 11 is 0. The Hall–Kier alpha value is -3.22. The van der Waals surface area contributed by atoms with Crippen molar-refractivity contribution < 1.29 is 40.4 Å². The molecule has 0 aliphatic heterocycles. The summed E-state index contributed by atoms with van der Waals surface area (Å²) in [6.45, 7) is -0.705. The minimum absolute atomic E-state index is 0.211. The SMILES string of the molecule is Cc1cc(F)cc(OCC(F)(F)F)c1C(=O)NS(=O)(=O)c1ccccc1[N+](=O)[O-]. The Labute approximate surface area is 161 Å². The number of carbonyl (C=O) groups is 1. The van der Waals surface area contributed by atoms with Crippen LogP contribution in [0.25, 0.3) is 0 Å². The number of sulfonamides is 1. The number of nitrogens with one attached hydrogen (secondary N) is 1. The van der Waals surface area contributed by atoms with E-state index >= 15 is 0 Å². The van der Waals surface area contributed by atoms with Gasteiger partial charge in [0.1, 0.15) is 11.6 Å². The lowest BCUT2D eigenvalue weighted by molar-refractivity contribution is -0.387. The molecule has 0 radical (unpaired) electrons. The van der Waals surface area contributed by atoms with Gasteiger partial charge in [0, 0.05) is 12.1 Å². The molecule has 0 aromatic heterocycles. The molecular weight excluding hydrogens is 424 g/mol. The van der Waals surface area contributed by atoms with E-state index in [-0.39, 0.29) is 5.56 Å². The molecule has 2 rings (SSSR count). The normalized spacial score (nSPS) is 11.8. The number of alkyl halides is 3. The van der Waals surface area contributed by atoms with Gasteiger partial charge in [-0.1, -0.05) is 12.1 Å². The standard InChI is InChI=1S/C16H12F4N2O6S/c1-9-6-10(17)7-12(28-8-16(18,19)20)14(9)15(23)21-29(26,27)13-5-3-2-4-11(13)22(24)25/h2-7H,8H2,1H3,(H,21,23). The molecule has 0 aliphatic carbocycles. The Morgan fingerprint density at radius 3 is 2.45 bits per heavy atom. The van der Waals surface area contributed by atoms with Crippen LogP contribution in [0.4, 0.5) is 23.2 Å². The van der Waals surface area contributed by atoms with Gasteiger partial charge in [-0.2, -0.15) is 13.2 Å². The topological polar surface area (TPSA) is 116 Å². The number of hydrogen-bond donors (Lipinski definition) is 1. The molecule has 1 N–H and O–H groups in total. The fourth-order valence-corrected chi connectivity index (χ4v) is 3.47. The number of rotatable bonds is 6. The van der Waals surface area contributed by atoms with Crippen molar-refractivity contribution in [2.24, 2.45) is 0 Å². The van der Waals surface area contributed by atoms with Gasteiger partial charge in [0.25, 0.3) is 21.6 Å². The lowest BCUT2D eigenvalue weighted by Crippen LogP contribution is -2.32. The third-order valence-electron chi connectivity index (χ3n) is 3.46. The van der Waals surface area contributed by atoms with Crippen LogP contribution in [-0.2, 0) is 10.0 Å². The number of amides is 1.